The van der Waals surface area contributed by atoms with Crippen molar-refractivity contribution in [2.24, 2.45) is 5.73 Å². The van der Waals surface area contributed by atoms with Crippen LogP contribution in [-0.2, 0) is 12.7 Å². The number of nitrogens with two attached hydrogens (primary N) is 1. The van der Waals surface area contributed by atoms with Crippen LogP contribution >= 0.6 is 23.1 Å². The van der Waals surface area contributed by atoms with Crippen LogP contribution in [0.3, 0.4) is 0 Å². The largest absolute Gasteiger partial charge is 0.416 e. The highest BCUT2D eigenvalue weighted by molar-refractivity contribution is 7.14. The maximum atomic E-state index is 12.6. The van der Waals surface area contributed by atoms with E-state index in [1.54, 1.807) is 18.3 Å². The van der Waals surface area contributed by atoms with E-state index in [4.69, 9.17) is 17.3 Å². The van der Waals surface area contributed by atoms with E-state index in [2.05, 4.69) is 4.37 Å². The van der Waals surface area contributed by atoms with Crippen molar-refractivity contribution < 1.29 is 18.0 Å². The highest BCUT2D eigenvalue weighted by Crippen LogP contribution is 2.35. The fourth-order valence-electron chi connectivity index (χ4n) is 2.39. The number of halogens is 4. The molecular weight excluding hydrogens is 375 g/mol. The average Bonchev–Trinajstić information content (AvgIpc) is 3.03. The number of urea groups is 1. The number of carbonyl (C=O) groups excluding carboxylic acids is 1. The standard InChI is InChI=1S/C16H11ClF3N3OS/c17-12-5-6-13(14-11(12)7-22-25-14)23(15(21)24)8-9-1-3-10(4-2-9)16(18,19)20/h1-7H,8H2,(H2,21,24). The number of anilines is 1. The van der Waals surface area contributed by atoms with Gasteiger partial charge in [-0.3, -0.25) is 4.90 Å². The van der Waals surface area contributed by atoms with Gasteiger partial charge in [-0.05, 0) is 41.4 Å². The molecule has 4 nitrogen and oxygen atoms in total. The first kappa shape index (κ1) is 17.5. The lowest BCUT2D eigenvalue weighted by Crippen LogP contribution is -2.35. The summed E-state index contributed by atoms with van der Waals surface area (Å²) in [4.78, 5) is 13.2. The lowest BCUT2D eigenvalue weighted by atomic mass is 10.1. The first-order valence-electron chi connectivity index (χ1n) is 7.03. The molecule has 3 rings (SSSR count). The number of primary amides is 1. The molecule has 0 radical (unpaired) electrons. The Morgan fingerprint density at radius 3 is 2.48 bits per heavy atom. The molecule has 1 heterocycles. The molecule has 2 amide bonds. The zero-order valence-corrected chi connectivity index (χ0v) is 14.1. The second-order valence-corrected chi connectivity index (χ2v) is 6.46. The Hall–Kier alpha value is -2.32. The number of alkyl halides is 3. The van der Waals surface area contributed by atoms with E-state index in [9.17, 15) is 18.0 Å². The van der Waals surface area contributed by atoms with Crippen molar-refractivity contribution in [1.82, 2.24) is 4.37 Å². The van der Waals surface area contributed by atoms with Crippen molar-refractivity contribution in [3.63, 3.8) is 0 Å². The molecular formula is C16H11ClF3N3OS. The molecule has 3 aromatic rings. The summed E-state index contributed by atoms with van der Waals surface area (Å²) in [5.74, 6) is 0. The minimum Gasteiger partial charge on any atom is -0.351 e. The zero-order valence-electron chi connectivity index (χ0n) is 12.5. The van der Waals surface area contributed by atoms with E-state index in [1.807, 2.05) is 0 Å². The molecule has 0 bridgehead atoms. The molecule has 0 aliphatic rings. The van der Waals surface area contributed by atoms with Gasteiger partial charge in [0, 0.05) is 5.39 Å². The van der Waals surface area contributed by atoms with Crippen LogP contribution in [0.2, 0.25) is 5.02 Å². The first-order chi connectivity index (χ1) is 11.8. The van der Waals surface area contributed by atoms with Gasteiger partial charge < -0.3 is 5.73 Å². The molecule has 130 valence electrons. The summed E-state index contributed by atoms with van der Waals surface area (Å²) < 4.78 is 42.7. The van der Waals surface area contributed by atoms with E-state index in [0.717, 1.165) is 23.7 Å². The van der Waals surface area contributed by atoms with Gasteiger partial charge in [0.25, 0.3) is 0 Å². The maximum Gasteiger partial charge on any atom is 0.416 e. The number of rotatable bonds is 3. The Kier molecular flexibility index (Phi) is 4.57. The van der Waals surface area contributed by atoms with E-state index in [0.29, 0.717) is 26.4 Å². The van der Waals surface area contributed by atoms with Crippen LogP contribution in [0.25, 0.3) is 10.1 Å². The normalized spacial score (nSPS) is 11.7. The molecule has 25 heavy (non-hydrogen) atoms. The van der Waals surface area contributed by atoms with Crippen LogP contribution in [0.15, 0.2) is 42.6 Å². The van der Waals surface area contributed by atoms with Crippen molar-refractivity contribution in [3.8, 4) is 0 Å². The second-order valence-electron chi connectivity index (χ2n) is 5.25. The highest BCUT2D eigenvalue weighted by Gasteiger charge is 2.30. The van der Waals surface area contributed by atoms with Crippen molar-refractivity contribution >= 4 is 44.9 Å². The number of carbonyl (C=O) groups is 1. The molecule has 0 fully saturated rings. The van der Waals surface area contributed by atoms with Gasteiger partial charge in [-0.2, -0.15) is 17.5 Å². The fraction of sp³-hybridized carbons (Fsp3) is 0.125. The Bertz CT molecular complexity index is 925. The molecule has 2 N–H and O–H groups in total. The molecule has 0 saturated carbocycles. The lowest BCUT2D eigenvalue weighted by molar-refractivity contribution is -0.137. The van der Waals surface area contributed by atoms with Gasteiger partial charge in [0.15, 0.2) is 0 Å². The predicted octanol–water partition coefficient (Wildman–Crippen LogP) is 5.05. The third-order valence-electron chi connectivity index (χ3n) is 3.63. The van der Waals surface area contributed by atoms with Gasteiger partial charge in [-0.15, -0.1) is 0 Å². The highest BCUT2D eigenvalue weighted by atomic mass is 35.5. The van der Waals surface area contributed by atoms with Crippen molar-refractivity contribution in [1.29, 1.82) is 0 Å². The van der Waals surface area contributed by atoms with E-state index in [-0.39, 0.29) is 6.54 Å². The molecule has 2 aromatic carbocycles. The van der Waals surface area contributed by atoms with Gasteiger partial charge >= 0.3 is 12.2 Å². The zero-order chi connectivity index (χ0) is 18.2. The number of fused-ring (bicyclic) bond motifs is 1. The van der Waals surface area contributed by atoms with Crippen LogP contribution in [0.5, 0.6) is 0 Å². The third-order valence-corrected chi connectivity index (χ3v) is 4.78. The topological polar surface area (TPSA) is 59.2 Å². The summed E-state index contributed by atoms with van der Waals surface area (Å²) in [5.41, 5.74) is 5.74. The summed E-state index contributed by atoms with van der Waals surface area (Å²) in [6.45, 7) is 0.0299. The van der Waals surface area contributed by atoms with Crippen LogP contribution in [-0.4, -0.2) is 10.4 Å². The molecule has 0 saturated heterocycles. The quantitative estimate of drug-likeness (QED) is 0.685. The Balaban J connectivity index is 1.96. The van der Waals surface area contributed by atoms with Gasteiger partial charge in [0.05, 0.1) is 33.7 Å². The van der Waals surface area contributed by atoms with Gasteiger partial charge in [0.1, 0.15) is 0 Å². The predicted molar refractivity (Wildman–Crippen MR) is 91.8 cm³/mol. The smallest absolute Gasteiger partial charge is 0.351 e. The van der Waals surface area contributed by atoms with E-state index in [1.165, 1.54) is 17.0 Å². The molecule has 1 aromatic heterocycles. The van der Waals surface area contributed by atoms with Crippen LogP contribution in [0, 0.1) is 0 Å². The lowest BCUT2D eigenvalue weighted by Gasteiger charge is -2.21. The van der Waals surface area contributed by atoms with Crippen LogP contribution < -0.4 is 10.6 Å². The Morgan fingerprint density at radius 1 is 1.20 bits per heavy atom. The molecule has 0 aliphatic carbocycles. The number of hydrogen-bond acceptors (Lipinski definition) is 3. The first-order valence-corrected chi connectivity index (χ1v) is 8.18. The fourth-order valence-corrected chi connectivity index (χ4v) is 3.45. The molecule has 0 spiro atoms. The number of benzene rings is 2. The van der Waals surface area contributed by atoms with Crippen molar-refractivity contribution in [2.45, 2.75) is 12.7 Å². The summed E-state index contributed by atoms with van der Waals surface area (Å²) in [5, 5.41) is 1.18. The van der Waals surface area contributed by atoms with Gasteiger partial charge in [-0.1, -0.05) is 23.7 Å². The van der Waals surface area contributed by atoms with Crippen LogP contribution in [0.4, 0.5) is 23.7 Å². The van der Waals surface area contributed by atoms with E-state index < -0.39 is 17.8 Å². The average molecular weight is 386 g/mol. The SMILES string of the molecule is NC(=O)N(Cc1ccc(C(F)(F)F)cc1)c1ccc(Cl)c2cnsc12. The minimum atomic E-state index is -4.41. The number of hydrogen-bond donors (Lipinski definition) is 1. The van der Waals surface area contributed by atoms with Crippen molar-refractivity contribution in [2.75, 3.05) is 4.90 Å². The van der Waals surface area contributed by atoms with Gasteiger partial charge in [-0.25, -0.2) is 4.79 Å². The Labute approximate surface area is 149 Å². The minimum absolute atomic E-state index is 0.0299. The summed E-state index contributed by atoms with van der Waals surface area (Å²) in [6, 6.07) is 7.11. The molecule has 0 unspecified atom stereocenters. The molecule has 0 atom stereocenters. The third kappa shape index (κ3) is 3.54. The second kappa shape index (κ2) is 6.53. The maximum absolute atomic E-state index is 12.6. The molecule has 0 aliphatic heterocycles. The number of amides is 2. The summed E-state index contributed by atoms with van der Waals surface area (Å²) >= 11 is 7.26. The molecule has 9 heteroatoms. The van der Waals surface area contributed by atoms with Crippen molar-refractivity contribution in [3.05, 3.63) is 58.7 Å². The Morgan fingerprint density at radius 2 is 1.88 bits per heavy atom. The summed E-state index contributed by atoms with van der Waals surface area (Å²) in [7, 11) is 0. The number of aromatic nitrogens is 1. The summed E-state index contributed by atoms with van der Waals surface area (Å²) in [6.07, 6.45) is -2.82. The van der Waals surface area contributed by atoms with Gasteiger partial charge in [0.2, 0.25) is 0 Å². The number of nitrogens with zero attached hydrogens (tertiary/aromatic N) is 2. The monoisotopic (exact) mass is 385 g/mol. The van der Waals surface area contributed by atoms with Crippen LogP contribution in [0.1, 0.15) is 11.1 Å². The van der Waals surface area contributed by atoms with E-state index >= 15 is 0 Å².